The van der Waals surface area contributed by atoms with E-state index in [0.29, 0.717) is 29.6 Å². The molecule has 106 valence electrons. The Kier molecular flexibility index (Phi) is 5.60. The van der Waals surface area contributed by atoms with Gasteiger partial charge in [-0.3, -0.25) is 0 Å². The minimum Gasteiger partial charge on any atom is -0.462 e. The molecule has 0 unspecified atom stereocenters. The number of ether oxygens (including phenoxy) is 1. The molecule has 0 bridgehead atoms. The smallest absolute Gasteiger partial charge is 0.340 e. The van der Waals surface area contributed by atoms with E-state index in [-0.39, 0.29) is 0 Å². The second-order valence-electron chi connectivity index (χ2n) is 4.92. The summed E-state index contributed by atoms with van der Waals surface area (Å²) in [5.74, 6) is 0.837. The minimum atomic E-state index is -0.402. The maximum absolute atomic E-state index is 11.8. The van der Waals surface area contributed by atoms with Gasteiger partial charge in [0, 0.05) is 19.8 Å². The van der Waals surface area contributed by atoms with Crippen molar-refractivity contribution in [2.45, 2.75) is 27.2 Å². The molecule has 0 aromatic carbocycles. The number of anilines is 2. The highest BCUT2D eigenvalue weighted by Gasteiger charge is 2.16. The predicted octanol–water partition coefficient (Wildman–Crippen LogP) is 2.32. The Morgan fingerprint density at radius 3 is 2.79 bits per heavy atom. The SMILES string of the molecule is CCOC(=O)c1ccnc(N(C)CCC(C)C)c1N. The second kappa shape index (κ2) is 6.97. The van der Waals surface area contributed by atoms with E-state index in [2.05, 4.69) is 18.8 Å². The van der Waals surface area contributed by atoms with Gasteiger partial charge in [0.15, 0.2) is 5.82 Å². The Morgan fingerprint density at radius 1 is 1.53 bits per heavy atom. The van der Waals surface area contributed by atoms with Crippen LogP contribution in [-0.4, -0.2) is 31.2 Å². The molecule has 0 amide bonds. The average molecular weight is 265 g/mol. The van der Waals surface area contributed by atoms with Crippen LogP contribution < -0.4 is 10.6 Å². The summed E-state index contributed by atoms with van der Waals surface area (Å²) in [4.78, 5) is 18.0. The second-order valence-corrected chi connectivity index (χ2v) is 4.92. The fourth-order valence-corrected chi connectivity index (χ4v) is 1.71. The van der Waals surface area contributed by atoms with Crippen molar-refractivity contribution in [1.82, 2.24) is 4.98 Å². The van der Waals surface area contributed by atoms with Crippen LogP contribution in [0.3, 0.4) is 0 Å². The van der Waals surface area contributed by atoms with Gasteiger partial charge in [-0.1, -0.05) is 13.8 Å². The lowest BCUT2D eigenvalue weighted by atomic mass is 10.1. The zero-order valence-corrected chi connectivity index (χ0v) is 12.1. The summed E-state index contributed by atoms with van der Waals surface area (Å²) < 4.78 is 4.98. The number of hydrogen-bond donors (Lipinski definition) is 1. The first kappa shape index (κ1) is 15.3. The number of nitrogens with zero attached hydrogens (tertiary/aromatic N) is 2. The van der Waals surface area contributed by atoms with E-state index in [4.69, 9.17) is 10.5 Å². The van der Waals surface area contributed by atoms with Gasteiger partial charge in [0.1, 0.15) is 0 Å². The van der Waals surface area contributed by atoms with Crippen molar-refractivity contribution in [2.24, 2.45) is 5.92 Å². The quantitative estimate of drug-likeness (QED) is 0.799. The first-order valence-corrected chi connectivity index (χ1v) is 6.60. The van der Waals surface area contributed by atoms with Crippen LogP contribution in [0, 0.1) is 5.92 Å². The molecule has 1 aromatic heterocycles. The Labute approximate surface area is 114 Å². The molecule has 0 fully saturated rings. The maximum atomic E-state index is 11.8. The number of carbonyl (C=O) groups is 1. The molecule has 1 rings (SSSR count). The zero-order chi connectivity index (χ0) is 14.4. The van der Waals surface area contributed by atoms with Gasteiger partial charge >= 0.3 is 5.97 Å². The van der Waals surface area contributed by atoms with Crippen molar-refractivity contribution in [1.29, 1.82) is 0 Å². The first-order chi connectivity index (χ1) is 8.97. The Morgan fingerprint density at radius 2 is 2.21 bits per heavy atom. The van der Waals surface area contributed by atoms with Crippen LogP contribution in [0.5, 0.6) is 0 Å². The van der Waals surface area contributed by atoms with Crippen molar-refractivity contribution >= 4 is 17.5 Å². The summed E-state index contributed by atoms with van der Waals surface area (Å²) in [6.07, 6.45) is 2.63. The van der Waals surface area contributed by atoms with Crippen LogP contribution in [0.25, 0.3) is 0 Å². The summed E-state index contributed by atoms with van der Waals surface area (Å²) in [5.41, 5.74) is 6.78. The highest BCUT2D eigenvalue weighted by atomic mass is 16.5. The third kappa shape index (κ3) is 4.12. The molecule has 0 saturated heterocycles. The topological polar surface area (TPSA) is 68.5 Å². The molecule has 0 spiro atoms. The molecule has 0 aliphatic rings. The molecular weight excluding hydrogens is 242 g/mol. The third-order valence-electron chi connectivity index (χ3n) is 2.87. The largest absolute Gasteiger partial charge is 0.462 e. The van der Waals surface area contributed by atoms with Crippen LogP contribution in [0.1, 0.15) is 37.6 Å². The van der Waals surface area contributed by atoms with Crippen LogP contribution in [0.2, 0.25) is 0 Å². The molecule has 0 radical (unpaired) electrons. The highest BCUT2D eigenvalue weighted by Crippen LogP contribution is 2.24. The number of hydrogen-bond acceptors (Lipinski definition) is 5. The lowest BCUT2D eigenvalue weighted by Gasteiger charge is -2.21. The Hall–Kier alpha value is -1.78. The molecule has 1 aromatic rings. The van der Waals surface area contributed by atoms with Crippen molar-refractivity contribution in [3.8, 4) is 0 Å². The van der Waals surface area contributed by atoms with Crippen LogP contribution in [0.4, 0.5) is 11.5 Å². The Balaban J connectivity index is 2.90. The molecule has 5 heteroatoms. The van der Waals surface area contributed by atoms with E-state index >= 15 is 0 Å². The number of pyridine rings is 1. The lowest BCUT2D eigenvalue weighted by Crippen LogP contribution is -2.23. The third-order valence-corrected chi connectivity index (χ3v) is 2.87. The molecular formula is C14H23N3O2. The van der Waals surface area contributed by atoms with Gasteiger partial charge in [-0.2, -0.15) is 0 Å². The predicted molar refractivity (Wildman–Crippen MR) is 77.3 cm³/mol. The fourth-order valence-electron chi connectivity index (χ4n) is 1.71. The fraction of sp³-hybridized carbons (Fsp3) is 0.571. The van der Waals surface area contributed by atoms with Crippen LogP contribution in [-0.2, 0) is 4.74 Å². The van der Waals surface area contributed by atoms with Gasteiger partial charge in [0.25, 0.3) is 0 Å². The lowest BCUT2D eigenvalue weighted by molar-refractivity contribution is 0.0527. The van der Waals surface area contributed by atoms with Gasteiger partial charge in [0.05, 0.1) is 17.9 Å². The van der Waals surface area contributed by atoms with Gasteiger partial charge in [-0.15, -0.1) is 0 Å². The van der Waals surface area contributed by atoms with Crippen molar-refractivity contribution in [3.05, 3.63) is 17.8 Å². The first-order valence-electron chi connectivity index (χ1n) is 6.60. The number of rotatable bonds is 6. The summed E-state index contributed by atoms with van der Waals surface area (Å²) in [7, 11) is 1.93. The summed E-state index contributed by atoms with van der Waals surface area (Å²) in [6, 6.07) is 1.59. The van der Waals surface area contributed by atoms with E-state index in [1.54, 1.807) is 19.2 Å². The van der Waals surface area contributed by atoms with E-state index in [0.717, 1.165) is 13.0 Å². The van der Waals surface area contributed by atoms with E-state index in [1.165, 1.54) is 0 Å². The standard InChI is InChI=1S/C14H23N3O2/c1-5-19-14(18)11-6-8-16-13(12(11)15)17(4)9-7-10(2)3/h6,8,10H,5,7,9,15H2,1-4H3. The van der Waals surface area contributed by atoms with E-state index in [9.17, 15) is 4.79 Å². The normalized spacial score (nSPS) is 10.6. The van der Waals surface area contributed by atoms with E-state index < -0.39 is 5.97 Å². The van der Waals surface area contributed by atoms with Gasteiger partial charge < -0.3 is 15.4 Å². The minimum absolute atomic E-state index is 0.332. The van der Waals surface area contributed by atoms with Crippen molar-refractivity contribution in [2.75, 3.05) is 30.8 Å². The molecule has 5 nitrogen and oxygen atoms in total. The number of aromatic nitrogens is 1. The van der Waals surface area contributed by atoms with Crippen LogP contribution >= 0.6 is 0 Å². The number of nitrogens with two attached hydrogens (primary N) is 1. The van der Waals surface area contributed by atoms with Gasteiger partial charge in [0.2, 0.25) is 0 Å². The molecule has 1 heterocycles. The average Bonchev–Trinajstić information content (AvgIpc) is 2.36. The number of esters is 1. The Bertz CT molecular complexity index is 433. The summed E-state index contributed by atoms with van der Waals surface area (Å²) in [6.45, 7) is 7.28. The maximum Gasteiger partial charge on any atom is 0.340 e. The molecule has 0 atom stereocenters. The molecule has 2 N–H and O–H groups in total. The number of carbonyl (C=O) groups excluding carboxylic acids is 1. The van der Waals surface area contributed by atoms with Gasteiger partial charge in [-0.05, 0) is 25.3 Å². The van der Waals surface area contributed by atoms with Gasteiger partial charge in [-0.25, -0.2) is 9.78 Å². The highest BCUT2D eigenvalue weighted by molar-refractivity contribution is 5.97. The zero-order valence-electron chi connectivity index (χ0n) is 12.1. The molecule has 0 saturated carbocycles. The van der Waals surface area contributed by atoms with Crippen molar-refractivity contribution in [3.63, 3.8) is 0 Å². The summed E-state index contributed by atoms with van der Waals surface area (Å²) >= 11 is 0. The molecule has 0 aliphatic heterocycles. The monoisotopic (exact) mass is 265 g/mol. The summed E-state index contributed by atoms with van der Waals surface area (Å²) in [5, 5.41) is 0. The van der Waals surface area contributed by atoms with Crippen molar-refractivity contribution < 1.29 is 9.53 Å². The molecule has 19 heavy (non-hydrogen) atoms. The molecule has 0 aliphatic carbocycles. The van der Waals surface area contributed by atoms with Crippen LogP contribution in [0.15, 0.2) is 12.3 Å². The number of nitrogen functional groups attached to an aromatic ring is 1. The van der Waals surface area contributed by atoms with E-state index in [1.807, 2.05) is 11.9 Å².